The molecule has 37 heavy (non-hydrogen) atoms. The average Bonchev–Trinajstić information content (AvgIpc) is 3.32. The van der Waals surface area contributed by atoms with Crippen molar-refractivity contribution in [2.45, 2.75) is 24.8 Å². The first-order chi connectivity index (χ1) is 18.1. The van der Waals surface area contributed by atoms with E-state index in [-0.39, 0.29) is 11.4 Å². The largest absolute Gasteiger partial charge is 0.355 e. The number of rotatable bonds is 6. The van der Waals surface area contributed by atoms with E-state index in [0.717, 1.165) is 52.3 Å². The van der Waals surface area contributed by atoms with E-state index in [9.17, 15) is 4.79 Å². The van der Waals surface area contributed by atoms with Crippen molar-refractivity contribution in [1.29, 1.82) is 0 Å². The number of carbonyl (C=O) groups is 1. The molecule has 7 heteroatoms. The standard InChI is InChI=1S/C30H26ClN5O/c1-32-29(37)22-10-5-9-21(19-22)25-15-16-26-28(33-25)36(27(34-26)20-7-3-2-4-8-20)24-13-11-23(12-14-24)30(35-31)17-6-18-30/h2-5,7-16,19,35H,6,17-18H2,1H3,(H,32,37). The summed E-state index contributed by atoms with van der Waals surface area (Å²) in [5, 5.41) is 2.68. The summed E-state index contributed by atoms with van der Waals surface area (Å²) in [6.45, 7) is 0. The molecule has 1 aliphatic carbocycles. The minimum absolute atomic E-state index is 0.130. The molecule has 1 saturated carbocycles. The molecule has 0 bridgehead atoms. The summed E-state index contributed by atoms with van der Waals surface area (Å²) in [4.78, 5) is 25.2. The van der Waals surface area contributed by atoms with Gasteiger partial charge in [-0.3, -0.25) is 9.36 Å². The lowest BCUT2D eigenvalue weighted by Crippen LogP contribution is -2.43. The second-order valence-electron chi connectivity index (χ2n) is 9.41. The zero-order valence-electron chi connectivity index (χ0n) is 20.4. The van der Waals surface area contributed by atoms with E-state index in [2.05, 4.69) is 51.1 Å². The third kappa shape index (κ3) is 4.08. The van der Waals surface area contributed by atoms with Crippen LogP contribution in [-0.4, -0.2) is 27.5 Å². The van der Waals surface area contributed by atoms with Crippen molar-refractivity contribution >= 4 is 28.8 Å². The van der Waals surface area contributed by atoms with Crippen molar-refractivity contribution < 1.29 is 4.79 Å². The topological polar surface area (TPSA) is 71.8 Å². The minimum Gasteiger partial charge on any atom is -0.355 e. The molecule has 2 aromatic heterocycles. The first-order valence-corrected chi connectivity index (χ1v) is 12.8. The van der Waals surface area contributed by atoms with Crippen LogP contribution >= 0.6 is 11.8 Å². The molecule has 0 unspecified atom stereocenters. The van der Waals surface area contributed by atoms with Crippen molar-refractivity contribution in [2.75, 3.05) is 7.05 Å². The highest BCUT2D eigenvalue weighted by atomic mass is 35.5. The number of halogens is 1. The Bertz CT molecular complexity index is 1580. The van der Waals surface area contributed by atoms with E-state index in [4.69, 9.17) is 21.7 Å². The molecule has 1 amide bonds. The van der Waals surface area contributed by atoms with Crippen LogP contribution in [0.5, 0.6) is 0 Å². The molecule has 0 saturated heterocycles. The fourth-order valence-electron chi connectivity index (χ4n) is 5.01. The third-order valence-corrected chi connectivity index (χ3v) is 7.61. The number of fused-ring (bicyclic) bond motifs is 1. The summed E-state index contributed by atoms with van der Waals surface area (Å²) in [6, 6.07) is 30.1. The molecular weight excluding hydrogens is 482 g/mol. The Kier molecular flexibility index (Phi) is 5.99. The van der Waals surface area contributed by atoms with Gasteiger partial charge in [-0.25, -0.2) is 14.8 Å². The Labute approximate surface area is 220 Å². The Morgan fingerprint density at radius 3 is 2.32 bits per heavy atom. The Hall–Kier alpha value is -4.00. The van der Waals surface area contributed by atoms with Crippen LogP contribution in [0.15, 0.2) is 91.0 Å². The van der Waals surface area contributed by atoms with Crippen LogP contribution in [-0.2, 0) is 5.54 Å². The van der Waals surface area contributed by atoms with Crippen molar-refractivity contribution in [3.63, 3.8) is 0 Å². The van der Waals surface area contributed by atoms with Gasteiger partial charge in [0.1, 0.15) is 11.3 Å². The molecule has 2 N–H and O–H groups in total. The predicted molar refractivity (Wildman–Crippen MR) is 148 cm³/mol. The molecule has 0 spiro atoms. The number of nitrogens with zero attached hydrogens (tertiary/aromatic N) is 3. The van der Waals surface area contributed by atoms with Gasteiger partial charge in [0.2, 0.25) is 0 Å². The van der Waals surface area contributed by atoms with Crippen LogP contribution in [0.3, 0.4) is 0 Å². The third-order valence-electron chi connectivity index (χ3n) is 7.25. The highest BCUT2D eigenvalue weighted by Crippen LogP contribution is 2.42. The number of nitrogens with one attached hydrogen (secondary N) is 2. The highest BCUT2D eigenvalue weighted by molar-refractivity contribution is 6.14. The molecule has 0 aliphatic heterocycles. The summed E-state index contributed by atoms with van der Waals surface area (Å²) < 4.78 is 2.10. The van der Waals surface area contributed by atoms with Gasteiger partial charge in [-0.05, 0) is 73.0 Å². The maximum absolute atomic E-state index is 12.2. The van der Waals surface area contributed by atoms with Gasteiger partial charge in [-0.15, -0.1) is 0 Å². The van der Waals surface area contributed by atoms with Crippen LogP contribution in [0.4, 0.5) is 0 Å². The second kappa shape index (κ2) is 9.47. The van der Waals surface area contributed by atoms with Crippen molar-refractivity contribution in [2.24, 2.45) is 0 Å². The number of amides is 1. The first kappa shape index (κ1) is 23.4. The number of aromatic nitrogens is 3. The summed E-state index contributed by atoms with van der Waals surface area (Å²) in [7, 11) is 1.63. The van der Waals surface area contributed by atoms with E-state index in [1.807, 2.05) is 48.5 Å². The van der Waals surface area contributed by atoms with Gasteiger partial charge in [-0.2, -0.15) is 0 Å². The molecule has 5 aromatic rings. The summed E-state index contributed by atoms with van der Waals surface area (Å²) in [5.41, 5.74) is 6.79. The molecule has 1 aliphatic rings. The van der Waals surface area contributed by atoms with Gasteiger partial charge >= 0.3 is 0 Å². The normalized spacial score (nSPS) is 14.3. The predicted octanol–water partition coefficient (Wildman–Crippen LogP) is 6.24. The van der Waals surface area contributed by atoms with E-state index >= 15 is 0 Å². The maximum Gasteiger partial charge on any atom is 0.251 e. The van der Waals surface area contributed by atoms with Crippen molar-refractivity contribution in [3.8, 4) is 28.3 Å². The fourth-order valence-corrected chi connectivity index (χ4v) is 5.30. The monoisotopic (exact) mass is 507 g/mol. The van der Waals surface area contributed by atoms with Gasteiger partial charge in [0.15, 0.2) is 5.65 Å². The number of imidazole rings is 1. The molecule has 3 aromatic carbocycles. The van der Waals surface area contributed by atoms with E-state index in [1.165, 1.54) is 12.0 Å². The van der Waals surface area contributed by atoms with E-state index < -0.39 is 0 Å². The molecule has 2 heterocycles. The quantitative estimate of drug-likeness (QED) is 0.267. The highest BCUT2D eigenvalue weighted by Gasteiger charge is 2.38. The molecule has 1 fully saturated rings. The lowest BCUT2D eigenvalue weighted by molar-refractivity contribution is 0.0963. The van der Waals surface area contributed by atoms with Crippen molar-refractivity contribution in [1.82, 2.24) is 24.7 Å². The van der Waals surface area contributed by atoms with Gasteiger partial charge in [-0.1, -0.05) is 54.6 Å². The number of pyridine rings is 1. The summed E-state index contributed by atoms with van der Waals surface area (Å²) in [5.74, 6) is 0.691. The SMILES string of the molecule is CNC(=O)c1cccc(-c2ccc3nc(-c4ccccc4)n(-c4ccc(C5(NCl)CCC5)cc4)c3n2)c1. The second-order valence-corrected chi connectivity index (χ2v) is 9.60. The first-order valence-electron chi connectivity index (χ1n) is 12.4. The molecule has 184 valence electrons. The number of hydrogen-bond donors (Lipinski definition) is 2. The van der Waals surface area contributed by atoms with Gasteiger partial charge < -0.3 is 5.32 Å². The van der Waals surface area contributed by atoms with Gasteiger partial charge in [0.05, 0.1) is 11.2 Å². The maximum atomic E-state index is 12.2. The Morgan fingerprint density at radius 2 is 1.65 bits per heavy atom. The van der Waals surface area contributed by atoms with Gasteiger partial charge in [0.25, 0.3) is 5.91 Å². The van der Waals surface area contributed by atoms with Crippen LogP contribution in [0.2, 0.25) is 0 Å². The van der Waals surface area contributed by atoms with E-state index in [1.54, 1.807) is 13.1 Å². The Balaban J connectivity index is 1.51. The van der Waals surface area contributed by atoms with Gasteiger partial charge in [0, 0.05) is 29.4 Å². The molecule has 0 atom stereocenters. The number of benzene rings is 3. The molecule has 6 nitrogen and oxygen atoms in total. The van der Waals surface area contributed by atoms with Crippen LogP contribution in [0.25, 0.3) is 39.5 Å². The zero-order chi connectivity index (χ0) is 25.4. The molecular formula is C30H26ClN5O. The van der Waals surface area contributed by atoms with Crippen LogP contribution < -0.4 is 10.2 Å². The van der Waals surface area contributed by atoms with Crippen LogP contribution in [0.1, 0.15) is 35.2 Å². The lowest BCUT2D eigenvalue weighted by Gasteiger charge is -2.41. The lowest BCUT2D eigenvalue weighted by atomic mass is 9.73. The Morgan fingerprint density at radius 1 is 0.892 bits per heavy atom. The zero-order valence-corrected chi connectivity index (χ0v) is 21.2. The average molecular weight is 508 g/mol. The molecule has 0 radical (unpaired) electrons. The smallest absolute Gasteiger partial charge is 0.251 e. The number of hydrogen-bond acceptors (Lipinski definition) is 4. The minimum atomic E-state index is -0.152. The summed E-state index contributed by atoms with van der Waals surface area (Å²) >= 11 is 6.13. The fraction of sp³-hybridized carbons (Fsp3) is 0.167. The number of carbonyl (C=O) groups excluding carboxylic acids is 1. The van der Waals surface area contributed by atoms with Crippen LogP contribution in [0, 0.1) is 0 Å². The van der Waals surface area contributed by atoms with E-state index in [0.29, 0.717) is 5.56 Å². The van der Waals surface area contributed by atoms with Crippen molar-refractivity contribution in [3.05, 3.63) is 102 Å². The summed E-state index contributed by atoms with van der Waals surface area (Å²) in [6.07, 6.45) is 3.22. The molecule has 6 rings (SSSR count).